The van der Waals surface area contributed by atoms with E-state index in [9.17, 15) is 0 Å². The summed E-state index contributed by atoms with van der Waals surface area (Å²) in [6.07, 6.45) is 0. The van der Waals surface area contributed by atoms with Gasteiger partial charge in [0.25, 0.3) is 0 Å². The zero-order valence-electron chi connectivity index (χ0n) is 14.6. The van der Waals surface area contributed by atoms with Crippen molar-refractivity contribution in [2.75, 3.05) is 13.1 Å². The largest absolute Gasteiger partial charge is 0.486 e. The van der Waals surface area contributed by atoms with E-state index in [1.807, 2.05) is 10.6 Å². The molecule has 0 N–H and O–H groups in total. The van der Waals surface area contributed by atoms with Gasteiger partial charge in [-0.1, -0.05) is 43.4 Å². The summed E-state index contributed by atoms with van der Waals surface area (Å²) in [6.45, 7) is 11.6. The number of fused-ring (bicyclic) bond motifs is 1. The lowest BCUT2D eigenvalue weighted by molar-refractivity contribution is 0.284. The minimum atomic E-state index is 0.449. The first-order valence-electron chi connectivity index (χ1n) is 8.23. The lowest BCUT2D eigenvalue weighted by Gasteiger charge is -2.15. The van der Waals surface area contributed by atoms with Gasteiger partial charge in [-0.3, -0.25) is 4.90 Å². The maximum Gasteiger partial charge on any atom is 0.234 e. The van der Waals surface area contributed by atoms with Crippen LogP contribution in [0, 0.1) is 13.8 Å². The quantitative estimate of drug-likeness (QED) is 0.658. The van der Waals surface area contributed by atoms with Gasteiger partial charge >= 0.3 is 0 Å². The van der Waals surface area contributed by atoms with Gasteiger partial charge in [0.05, 0.1) is 6.54 Å². The van der Waals surface area contributed by atoms with Crippen molar-refractivity contribution in [3.05, 3.63) is 40.2 Å². The molecule has 2 heterocycles. The van der Waals surface area contributed by atoms with E-state index < -0.39 is 0 Å². The van der Waals surface area contributed by atoms with E-state index in [0.717, 1.165) is 52.3 Å². The number of ether oxygens (including phenoxy) is 1. The highest BCUT2D eigenvalue weighted by Gasteiger charge is 2.14. The van der Waals surface area contributed by atoms with Gasteiger partial charge in [-0.25, -0.2) is 0 Å². The average Bonchev–Trinajstić information content (AvgIpc) is 3.13. The van der Waals surface area contributed by atoms with Crippen molar-refractivity contribution in [3.8, 4) is 5.75 Å². The first kappa shape index (κ1) is 16.9. The van der Waals surface area contributed by atoms with Crippen molar-refractivity contribution in [3.63, 3.8) is 0 Å². The minimum Gasteiger partial charge on any atom is -0.486 e. The molecule has 0 radical (unpaired) electrons. The van der Waals surface area contributed by atoms with Gasteiger partial charge in [-0.15, -0.1) is 10.2 Å². The van der Waals surface area contributed by atoms with Gasteiger partial charge in [0.2, 0.25) is 4.96 Å². The molecule has 0 fully saturated rings. The summed E-state index contributed by atoms with van der Waals surface area (Å²) >= 11 is 1.53. The number of hydrogen-bond acceptors (Lipinski definition) is 6. The molecule has 3 rings (SSSR count). The average molecular weight is 345 g/mol. The summed E-state index contributed by atoms with van der Waals surface area (Å²) in [4.78, 5) is 3.11. The first-order valence-corrected chi connectivity index (χ1v) is 9.05. The molecule has 24 heavy (non-hydrogen) atoms. The molecular formula is C17H23N5OS. The SMILES string of the molecule is CCN(CC)Cc1nnc2sc(COc3c(C)cccc3C)nn12. The zero-order chi connectivity index (χ0) is 17.1. The minimum absolute atomic E-state index is 0.449. The molecule has 2 aromatic heterocycles. The maximum absolute atomic E-state index is 5.99. The second-order valence-corrected chi connectivity index (χ2v) is 6.82. The van der Waals surface area contributed by atoms with Crippen molar-refractivity contribution in [1.29, 1.82) is 0 Å². The van der Waals surface area contributed by atoms with Gasteiger partial charge in [-0.2, -0.15) is 9.61 Å². The van der Waals surface area contributed by atoms with E-state index in [0.29, 0.717) is 6.61 Å². The van der Waals surface area contributed by atoms with E-state index in [1.165, 1.54) is 11.3 Å². The number of benzene rings is 1. The fraction of sp³-hybridized carbons (Fsp3) is 0.471. The number of hydrogen-bond donors (Lipinski definition) is 0. The van der Waals surface area contributed by atoms with E-state index in [-0.39, 0.29) is 0 Å². The van der Waals surface area contributed by atoms with Gasteiger partial charge in [-0.05, 0) is 38.1 Å². The third-order valence-corrected chi connectivity index (χ3v) is 4.98. The lowest BCUT2D eigenvalue weighted by atomic mass is 10.1. The maximum atomic E-state index is 5.99. The highest BCUT2D eigenvalue weighted by Crippen LogP contribution is 2.24. The summed E-state index contributed by atoms with van der Waals surface area (Å²) in [5.74, 6) is 1.81. The molecule has 0 atom stereocenters. The van der Waals surface area contributed by atoms with Gasteiger partial charge in [0, 0.05) is 0 Å². The predicted molar refractivity (Wildman–Crippen MR) is 95.5 cm³/mol. The number of rotatable bonds is 7. The summed E-state index contributed by atoms with van der Waals surface area (Å²) < 4.78 is 7.83. The standard InChI is InChI=1S/C17H23N5OS/c1-5-21(6-2)10-14-18-19-17-22(14)20-15(24-17)11-23-16-12(3)8-7-9-13(16)4/h7-9H,5-6,10-11H2,1-4H3. The summed E-state index contributed by atoms with van der Waals surface area (Å²) in [6, 6.07) is 6.16. The van der Waals surface area contributed by atoms with E-state index in [1.54, 1.807) is 0 Å². The van der Waals surface area contributed by atoms with Crippen LogP contribution in [0.2, 0.25) is 0 Å². The topological polar surface area (TPSA) is 55.5 Å². The van der Waals surface area contributed by atoms with Gasteiger partial charge in [0.1, 0.15) is 12.4 Å². The number of nitrogens with zero attached hydrogens (tertiary/aromatic N) is 5. The fourth-order valence-corrected chi connectivity index (χ4v) is 3.43. The fourth-order valence-electron chi connectivity index (χ4n) is 2.66. The normalized spacial score (nSPS) is 11.5. The Balaban J connectivity index is 1.76. The van der Waals surface area contributed by atoms with Crippen LogP contribution in [0.5, 0.6) is 5.75 Å². The predicted octanol–water partition coefficient (Wildman–Crippen LogP) is 3.22. The molecule has 0 saturated carbocycles. The monoisotopic (exact) mass is 345 g/mol. The van der Waals surface area contributed by atoms with Crippen LogP contribution in [0.25, 0.3) is 4.96 Å². The smallest absolute Gasteiger partial charge is 0.234 e. The second kappa shape index (κ2) is 7.27. The molecule has 0 aliphatic carbocycles. The highest BCUT2D eigenvalue weighted by atomic mass is 32.1. The summed E-state index contributed by atoms with van der Waals surface area (Å²) in [5, 5.41) is 14.0. The molecule has 0 unspecified atom stereocenters. The molecule has 0 aliphatic heterocycles. The van der Waals surface area contributed by atoms with Crippen LogP contribution in [0.4, 0.5) is 0 Å². The van der Waals surface area contributed by atoms with Crippen molar-refractivity contribution >= 4 is 16.3 Å². The van der Waals surface area contributed by atoms with Crippen LogP contribution in [0.1, 0.15) is 35.8 Å². The third-order valence-electron chi connectivity index (χ3n) is 4.11. The van der Waals surface area contributed by atoms with E-state index in [2.05, 4.69) is 60.0 Å². The molecule has 7 heteroatoms. The van der Waals surface area contributed by atoms with E-state index in [4.69, 9.17) is 4.74 Å². The Kier molecular flexibility index (Phi) is 5.11. The Bertz CT molecular complexity index is 801. The molecule has 0 aliphatic rings. The number of para-hydroxylation sites is 1. The Labute approximate surface area is 146 Å². The molecule has 0 bridgehead atoms. The number of aryl methyl sites for hydroxylation is 2. The summed E-state index contributed by atoms with van der Waals surface area (Å²) in [7, 11) is 0. The molecule has 6 nitrogen and oxygen atoms in total. The lowest BCUT2D eigenvalue weighted by Crippen LogP contribution is -2.23. The second-order valence-electron chi connectivity index (χ2n) is 5.78. The molecule has 128 valence electrons. The van der Waals surface area contributed by atoms with Crippen LogP contribution in [0.3, 0.4) is 0 Å². The molecule has 1 aromatic carbocycles. The van der Waals surface area contributed by atoms with E-state index >= 15 is 0 Å². The Hall–Kier alpha value is -1.99. The number of aromatic nitrogens is 4. The molecular weight excluding hydrogens is 322 g/mol. The highest BCUT2D eigenvalue weighted by molar-refractivity contribution is 7.16. The molecule has 3 aromatic rings. The van der Waals surface area contributed by atoms with Crippen molar-refractivity contribution < 1.29 is 4.74 Å². The Morgan fingerprint density at radius 1 is 1.12 bits per heavy atom. The van der Waals surface area contributed by atoms with Crippen molar-refractivity contribution in [2.24, 2.45) is 0 Å². The van der Waals surface area contributed by atoms with Crippen molar-refractivity contribution in [2.45, 2.75) is 40.8 Å². The molecule has 0 amide bonds. The van der Waals surface area contributed by atoms with Gasteiger partial charge < -0.3 is 4.74 Å². The van der Waals surface area contributed by atoms with Crippen molar-refractivity contribution in [1.82, 2.24) is 24.7 Å². The van der Waals surface area contributed by atoms with Crippen LogP contribution in [0.15, 0.2) is 18.2 Å². The zero-order valence-corrected chi connectivity index (χ0v) is 15.4. The van der Waals surface area contributed by atoms with Crippen LogP contribution >= 0.6 is 11.3 Å². The Morgan fingerprint density at radius 3 is 2.50 bits per heavy atom. The molecule has 0 saturated heterocycles. The Morgan fingerprint density at radius 2 is 1.83 bits per heavy atom. The van der Waals surface area contributed by atoms with Crippen LogP contribution in [-0.2, 0) is 13.2 Å². The van der Waals surface area contributed by atoms with Crippen LogP contribution in [-0.4, -0.2) is 37.8 Å². The third kappa shape index (κ3) is 3.42. The van der Waals surface area contributed by atoms with Crippen LogP contribution < -0.4 is 4.74 Å². The summed E-state index contributed by atoms with van der Waals surface area (Å²) in [5.41, 5.74) is 2.28. The first-order chi connectivity index (χ1) is 11.6. The molecule has 0 spiro atoms. The van der Waals surface area contributed by atoms with Gasteiger partial charge in [0.15, 0.2) is 10.8 Å².